The summed E-state index contributed by atoms with van der Waals surface area (Å²) in [4.78, 5) is 0. The molecule has 2 nitrogen and oxygen atoms in total. The van der Waals surface area contributed by atoms with E-state index in [9.17, 15) is 31.4 Å². The van der Waals surface area contributed by atoms with Crippen LogP contribution < -0.4 is 5.73 Å². The van der Waals surface area contributed by atoms with Gasteiger partial charge >= 0.3 is 12.4 Å². The highest BCUT2D eigenvalue weighted by Crippen LogP contribution is 2.39. The van der Waals surface area contributed by atoms with E-state index in [1.165, 1.54) is 0 Å². The second-order valence-electron chi connectivity index (χ2n) is 5.86. The molecule has 0 unspecified atom stereocenters. The van der Waals surface area contributed by atoms with Crippen molar-refractivity contribution in [3.8, 4) is 0 Å². The maximum absolute atomic E-state index is 13.0. The Labute approximate surface area is 142 Å². The van der Waals surface area contributed by atoms with Gasteiger partial charge in [-0.05, 0) is 36.5 Å². The van der Waals surface area contributed by atoms with Crippen molar-refractivity contribution in [2.75, 3.05) is 0 Å². The summed E-state index contributed by atoms with van der Waals surface area (Å²) in [6.07, 6.45) is -10.4. The van der Waals surface area contributed by atoms with Crippen LogP contribution in [0.5, 0.6) is 0 Å². The molecule has 0 fully saturated rings. The third-order valence-electron chi connectivity index (χ3n) is 3.50. The lowest BCUT2D eigenvalue weighted by atomic mass is 9.91. The first-order valence-corrected chi connectivity index (χ1v) is 7.06. The first-order chi connectivity index (χ1) is 10.3. The Kier molecular flexibility index (Phi) is 8.05. The molecule has 1 rings (SSSR count). The largest absolute Gasteiger partial charge is 0.416 e. The van der Waals surface area contributed by atoms with E-state index in [0.717, 1.165) is 0 Å². The summed E-state index contributed by atoms with van der Waals surface area (Å²) in [7, 11) is 0. The molecule has 0 spiro atoms. The van der Waals surface area contributed by atoms with Crippen molar-refractivity contribution in [2.45, 2.75) is 51.2 Å². The van der Waals surface area contributed by atoms with Crippen molar-refractivity contribution < 1.29 is 31.4 Å². The molecule has 0 bridgehead atoms. The standard InChI is InChI=1S/C15H19F6NO.ClH/c1-8(2)3-6-12(23)13(22)10-5-4-9(14(16,17)18)7-11(10)15(19,20)21;/h4-5,7-8,12-13,23H,3,6,22H2,1-2H3;1H/t12-,13+;/m0./s1. The van der Waals surface area contributed by atoms with Gasteiger partial charge in [-0.3, -0.25) is 0 Å². The number of hydrogen-bond acceptors (Lipinski definition) is 2. The minimum Gasteiger partial charge on any atom is -0.391 e. The van der Waals surface area contributed by atoms with Gasteiger partial charge < -0.3 is 10.8 Å². The summed E-state index contributed by atoms with van der Waals surface area (Å²) in [6.45, 7) is 3.75. The Morgan fingerprint density at radius 2 is 1.54 bits per heavy atom. The van der Waals surface area contributed by atoms with Crippen molar-refractivity contribution >= 4 is 12.4 Å². The van der Waals surface area contributed by atoms with Gasteiger partial charge in [-0.15, -0.1) is 12.4 Å². The molecule has 0 aliphatic heterocycles. The second kappa shape index (κ2) is 8.40. The van der Waals surface area contributed by atoms with Gasteiger partial charge in [-0.2, -0.15) is 26.3 Å². The van der Waals surface area contributed by atoms with Gasteiger partial charge in [0.1, 0.15) is 0 Å². The Morgan fingerprint density at radius 1 is 1.00 bits per heavy atom. The van der Waals surface area contributed by atoms with E-state index in [1.807, 2.05) is 13.8 Å². The van der Waals surface area contributed by atoms with E-state index in [0.29, 0.717) is 18.6 Å². The zero-order valence-corrected chi connectivity index (χ0v) is 13.9. The molecule has 2 atom stereocenters. The highest BCUT2D eigenvalue weighted by atomic mass is 35.5. The van der Waals surface area contributed by atoms with Crippen molar-refractivity contribution in [1.29, 1.82) is 0 Å². The Balaban J connectivity index is 0.00000529. The normalized spacial score (nSPS) is 15.1. The smallest absolute Gasteiger partial charge is 0.391 e. The summed E-state index contributed by atoms with van der Waals surface area (Å²) in [5.74, 6) is 0.214. The summed E-state index contributed by atoms with van der Waals surface area (Å²) in [6, 6.07) is -0.147. The molecule has 0 aliphatic carbocycles. The molecule has 24 heavy (non-hydrogen) atoms. The number of halogens is 7. The summed E-state index contributed by atoms with van der Waals surface area (Å²) in [5, 5.41) is 9.92. The van der Waals surface area contributed by atoms with Gasteiger partial charge in [0, 0.05) is 0 Å². The number of alkyl halides is 6. The molecule has 0 saturated carbocycles. The molecular formula is C15H20ClF6NO. The van der Waals surface area contributed by atoms with Gasteiger partial charge in [-0.25, -0.2) is 0 Å². The molecule has 0 radical (unpaired) electrons. The number of rotatable bonds is 5. The summed E-state index contributed by atoms with van der Waals surface area (Å²) in [5.41, 5.74) is 2.24. The number of hydrogen-bond donors (Lipinski definition) is 2. The van der Waals surface area contributed by atoms with Gasteiger partial charge in [0.25, 0.3) is 0 Å². The number of aliphatic hydroxyl groups is 1. The van der Waals surface area contributed by atoms with Crippen LogP contribution in [0.15, 0.2) is 18.2 Å². The number of benzene rings is 1. The predicted octanol–water partition coefficient (Wildman–Crippen LogP) is 4.94. The Hall–Kier alpha value is -0.990. The third-order valence-corrected chi connectivity index (χ3v) is 3.50. The molecule has 0 saturated heterocycles. The van der Waals surface area contributed by atoms with Gasteiger partial charge in [-0.1, -0.05) is 19.9 Å². The molecule has 9 heteroatoms. The molecule has 0 aliphatic rings. The molecule has 1 aromatic carbocycles. The molecular weight excluding hydrogens is 360 g/mol. The third kappa shape index (κ3) is 6.14. The van der Waals surface area contributed by atoms with E-state index in [-0.39, 0.29) is 30.8 Å². The van der Waals surface area contributed by atoms with Crippen molar-refractivity contribution in [3.63, 3.8) is 0 Å². The fourth-order valence-electron chi connectivity index (χ4n) is 2.16. The van der Waals surface area contributed by atoms with Crippen LogP contribution in [-0.2, 0) is 12.4 Å². The molecule has 140 valence electrons. The monoisotopic (exact) mass is 379 g/mol. The van der Waals surface area contributed by atoms with Crippen LogP contribution in [0.25, 0.3) is 0 Å². The predicted molar refractivity (Wildman–Crippen MR) is 80.7 cm³/mol. The number of aliphatic hydroxyl groups excluding tert-OH is 1. The van der Waals surface area contributed by atoms with Crippen LogP contribution in [0.3, 0.4) is 0 Å². The molecule has 0 amide bonds. The SMILES string of the molecule is CC(C)CC[C@H](O)[C@H](N)c1ccc(C(F)(F)F)cc1C(F)(F)F.Cl. The van der Waals surface area contributed by atoms with Crippen LogP contribution in [-0.4, -0.2) is 11.2 Å². The van der Waals surface area contributed by atoms with Crippen LogP contribution in [0, 0.1) is 5.92 Å². The number of nitrogens with two attached hydrogens (primary N) is 1. The van der Waals surface area contributed by atoms with Gasteiger partial charge in [0.2, 0.25) is 0 Å². The lowest BCUT2D eigenvalue weighted by molar-refractivity contribution is -0.143. The van der Waals surface area contributed by atoms with Crippen LogP contribution in [0.2, 0.25) is 0 Å². The summed E-state index contributed by atoms with van der Waals surface area (Å²) < 4.78 is 77.0. The van der Waals surface area contributed by atoms with Gasteiger partial charge in [0.15, 0.2) is 0 Å². The topological polar surface area (TPSA) is 46.2 Å². The minimum atomic E-state index is -4.99. The maximum Gasteiger partial charge on any atom is 0.416 e. The van der Waals surface area contributed by atoms with Crippen molar-refractivity contribution in [3.05, 3.63) is 34.9 Å². The first-order valence-electron chi connectivity index (χ1n) is 7.06. The second-order valence-corrected chi connectivity index (χ2v) is 5.86. The quantitative estimate of drug-likeness (QED) is 0.711. The minimum absolute atomic E-state index is 0. The van der Waals surface area contributed by atoms with Crippen molar-refractivity contribution in [2.24, 2.45) is 11.7 Å². The highest BCUT2D eigenvalue weighted by Gasteiger charge is 2.39. The average Bonchev–Trinajstić information content (AvgIpc) is 2.41. The zero-order chi connectivity index (χ0) is 18.0. The zero-order valence-electron chi connectivity index (χ0n) is 13.1. The lowest BCUT2D eigenvalue weighted by Gasteiger charge is -2.24. The Bertz CT molecular complexity index is 530. The van der Waals surface area contributed by atoms with E-state index in [4.69, 9.17) is 5.73 Å². The van der Waals surface area contributed by atoms with Crippen LogP contribution >= 0.6 is 12.4 Å². The molecule has 0 aromatic heterocycles. The lowest BCUT2D eigenvalue weighted by Crippen LogP contribution is -2.29. The molecule has 0 heterocycles. The van der Waals surface area contributed by atoms with E-state index < -0.39 is 41.2 Å². The summed E-state index contributed by atoms with van der Waals surface area (Å²) >= 11 is 0. The van der Waals surface area contributed by atoms with E-state index in [1.54, 1.807) is 0 Å². The first kappa shape index (κ1) is 23.0. The van der Waals surface area contributed by atoms with Gasteiger partial charge in [0.05, 0.1) is 23.3 Å². The highest BCUT2D eigenvalue weighted by molar-refractivity contribution is 5.85. The maximum atomic E-state index is 13.0. The fourth-order valence-corrected chi connectivity index (χ4v) is 2.16. The fraction of sp³-hybridized carbons (Fsp3) is 0.600. The van der Waals surface area contributed by atoms with E-state index >= 15 is 0 Å². The Morgan fingerprint density at radius 3 is 1.96 bits per heavy atom. The molecule has 1 aromatic rings. The average molecular weight is 380 g/mol. The van der Waals surface area contributed by atoms with Crippen LogP contribution in [0.4, 0.5) is 26.3 Å². The molecule has 3 N–H and O–H groups in total. The van der Waals surface area contributed by atoms with Crippen molar-refractivity contribution in [1.82, 2.24) is 0 Å². The van der Waals surface area contributed by atoms with E-state index in [2.05, 4.69) is 0 Å². The van der Waals surface area contributed by atoms with Crippen LogP contribution in [0.1, 0.15) is 49.4 Å².